The third kappa shape index (κ3) is 3.41. The van der Waals surface area contributed by atoms with Gasteiger partial charge in [0, 0.05) is 15.7 Å². The largest absolute Gasteiger partial charge is 0.378 e. The van der Waals surface area contributed by atoms with Crippen molar-refractivity contribution < 1.29 is 0 Å². The smallest absolute Gasteiger partial charge is 0.125 e. The van der Waals surface area contributed by atoms with Gasteiger partial charge in [0.1, 0.15) is 5.82 Å². The van der Waals surface area contributed by atoms with Gasteiger partial charge in [0.2, 0.25) is 0 Å². The Morgan fingerprint density at radius 3 is 2.94 bits per heavy atom. The topological polar surface area (TPSA) is 37.8 Å². The van der Waals surface area contributed by atoms with E-state index >= 15 is 0 Å². The Balaban J connectivity index is 2.09. The summed E-state index contributed by atoms with van der Waals surface area (Å²) in [5, 5.41) is 3.98. The first kappa shape index (κ1) is 12.3. The summed E-state index contributed by atoms with van der Waals surface area (Å²) in [5.41, 5.74) is 1.90. The van der Waals surface area contributed by atoms with Crippen LogP contribution in [0.4, 0.5) is 5.69 Å². The van der Waals surface area contributed by atoms with E-state index < -0.39 is 0 Å². The van der Waals surface area contributed by atoms with Gasteiger partial charge in [0.15, 0.2) is 0 Å². The predicted octanol–water partition coefficient (Wildman–Crippen LogP) is 3.81. The number of hydrogen-bond acceptors (Lipinski definition) is 3. The molecule has 0 bridgehead atoms. The van der Waals surface area contributed by atoms with Crippen LogP contribution in [0.2, 0.25) is 5.02 Å². The number of rotatable bonds is 3. The molecular weight excluding hydrogens is 302 g/mol. The predicted molar refractivity (Wildman–Crippen MR) is 73.2 cm³/mol. The summed E-state index contributed by atoms with van der Waals surface area (Å²) in [4.78, 5) is 8.38. The first-order valence-electron chi connectivity index (χ1n) is 5.12. The fourth-order valence-electron chi connectivity index (χ4n) is 1.42. The number of aromatic nitrogens is 2. The highest BCUT2D eigenvalue weighted by Crippen LogP contribution is 2.26. The van der Waals surface area contributed by atoms with Gasteiger partial charge in [-0.2, -0.15) is 0 Å². The second-order valence-electron chi connectivity index (χ2n) is 3.57. The average Bonchev–Trinajstić information content (AvgIpc) is 2.30. The van der Waals surface area contributed by atoms with E-state index in [9.17, 15) is 0 Å². The van der Waals surface area contributed by atoms with E-state index in [1.165, 1.54) is 0 Å². The molecule has 0 radical (unpaired) electrons. The van der Waals surface area contributed by atoms with Gasteiger partial charge in [-0.15, -0.1) is 0 Å². The summed E-state index contributed by atoms with van der Waals surface area (Å²) in [6.07, 6.45) is 1.76. The van der Waals surface area contributed by atoms with E-state index in [2.05, 4.69) is 31.2 Å². The third-order valence-electron chi connectivity index (χ3n) is 2.22. The molecule has 0 spiro atoms. The third-order valence-corrected chi connectivity index (χ3v) is 3.15. The molecule has 1 N–H and O–H groups in total. The number of nitrogens with one attached hydrogen (secondary N) is 1. The molecular formula is C12H11BrClN3. The van der Waals surface area contributed by atoms with Gasteiger partial charge >= 0.3 is 0 Å². The molecule has 0 unspecified atom stereocenters. The van der Waals surface area contributed by atoms with E-state index in [4.69, 9.17) is 11.6 Å². The Morgan fingerprint density at radius 1 is 1.35 bits per heavy atom. The molecule has 0 aliphatic carbocycles. The molecule has 0 amide bonds. The number of halogens is 2. The Morgan fingerprint density at radius 2 is 2.18 bits per heavy atom. The van der Waals surface area contributed by atoms with Crippen LogP contribution in [-0.4, -0.2) is 9.97 Å². The summed E-state index contributed by atoms with van der Waals surface area (Å²) in [6.45, 7) is 2.51. The van der Waals surface area contributed by atoms with Gasteiger partial charge < -0.3 is 5.32 Å². The lowest BCUT2D eigenvalue weighted by molar-refractivity contribution is 0.955. The first-order valence-corrected chi connectivity index (χ1v) is 6.30. The SMILES string of the molecule is Cc1nccc(CNc2cc(Cl)ccc2Br)n1. The molecule has 3 nitrogen and oxygen atoms in total. The van der Waals surface area contributed by atoms with Gasteiger partial charge in [0.05, 0.1) is 17.9 Å². The van der Waals surface area contributed by atoms with Crippen molar-refractivity contribution in [3.05, 3.63) is 51.5 Å². The summed E-state index contributed by atoms with van der Waals surface area (Å²) < 4.78 is 0.979. The molecule has 0 aliphatic rings. The van der Waals surface area contributed by atoms with Crippen molar-refractivity contribution >= 4 is 33.2 Å². The molecule has 2 aromatic rings. The average molecular weight is 313 g/mol. The van der Waals surface area contributed by atoms with Crippen LogP contribution in [0, 0.1) is 6.92 Å². The van der Waals surface area contributed by atoms with Crippen molar-refractivity contribution in [2.24, 2.45) is 0 Å². The van der Waals surface area contributed by atoms with Gasteiger partial charge in [0.25, 0.3) is 0 Å². The lowest BCUT2D eigenvalue weighted by Crippen LogP contribution is -2.03. The molecule has 0 saturated heterocycles. The second kappa shape index (κ2) is 5.47. The normalized spacial score (nSPS) is 10.3. The zero-order valence-corrected chi connectivity index (χ0v) is 11.6. The van der Waals surface area contributed by atoms with E-state index in [0.717, 1.165) is 21.7 Å². The van der Waals surface area contributed by atoms with Crippen LogP contribution < -0.4 is 5.32 Å². The lowest BCUT2D eigenvalue weighted by Gasteiger charge is -2.08. The summed E-state index contributed by atoms with van der Waals surface area (Å²) in [5.74, 6) is 0.773. The molecule has 1 aromatic heterocycles. The monoisotopic (exact) mass is 311 g/mol. The van der Waals surface area contributed by atoms with Gasteiger partial charge in [-0.3, -0.25) is 0 Å². The summed E-state index contributed by atoms with van der Waals surface area (Å²) in [6, 6.07) is 7.51. The zero-order chi connectivity index (χ0) is 12.3. The van der Waals surface area contributed by atoms with Gasteiger partial charge in [-0.25, -0.2) is 9.97 Å². The number of hydrogen-bond donors (Lipinski definition) is 1. The molecule has 0 saturated carbocycles. The summed E-state index contributed by atoms with van der Waals surface area (Å²) in [7, 11) is 0. The maximum Gasteiger partial charge on any atom is 0.125 e. The molecule has 5 heteroatoms. The molecule has 0 fully saturated rings. The fourth-order valence-corrected chi connectivity index (χ4v) is 1.98. The first-order chi connectivity index (χ1) is 8.15. The van der Waals surface area contributed by atoms with Crippen LogP contribution in [0.5, 0.6) is 0 Å². The molecule has 1 aromatic carbocycles. The van der Waals surface area contributed by atoms with Crippen molar-refractivity contribution in [2.75, 3.05) is 5.32 Å². The molecule has 17 heavy (non-hydrogen) atoms. The molecule has 1 heterocycles. The minimum absolute atomic E-state index is 0.641. The van der Waals surface area contributed by atoms with E-state index in [1.54, 1.807) is 6.20 Å². The van der Waals surface area contributed by atoms with Crippen molar-refractivity contribution in [3.63, 3.8) is 0 Å². The number of nitrogens with zero attached hydrogens (tertiary/aromatic N) is 2. The lowest BCUT2D eigenvalue weighted by atomic mass is 10.3. The summed E-state index contributed by atoms with van der Waals surface area (Å²) >= 11 is 9.40. The van der Waals surface area contributed by atoms with Crippen LogP contribution >= 0.6 is 27.5 Å². The van der Waals surface area contributed by atoms with Crippen LogP contribution in [-0.2, 0) is 6.54 Å². The molecule has 0 atom stereocenters. The van der Waals surface area contributed by atoms with E-state index in [-0.39, 0.29) is 0 Å². The number of benzene rings is 1. The highest BCUT2D eigenvalue weighted by atomic mass is 79.9. The van der Waals surface area contributed by atoms with Crippen LogP contribution in [0.3, 0.4) is 0 Å². The maximum absolute atomic E-state index is 5.94. The Labute approximate surface area is 113 Å². The van der Waals surface area contributed by atoms with E-state index in [0.29, 0.717) is 11.6 Å². The van der Waals surface area contributed by atoms with Gasteiger partial charge in [-0.05, 0) is 47.1 Å². The van der Waals surface area contributed by atoms with E-state index in [1.807, 2.05) is 31.2 Å². The highest BCUT2D eigenvalue weighted by molar-refractivity contribution is 9.10. The highest BCUT2D eigenvalue weighted by Gasteiger charge is 2.01. The minimum atomic E-state index is 0.641. The van der Waals surface area contributed by atoms with Crippen LogP contribution in [0.15, 0.2) is 34.9 Å². The Kier molecular flexibility index (Phi) is 3.97. The van der Waals surface area contributed by atoms with Crippen molar-refractivity contribution in [3.8, 4) is 0 Å². The molecule has 88 valence electrons. The van der Waals surface area contributed by atoms with Crippen molar-refractivity contribution in [1.82, 2.24) is 9.97 Å². The van der Waals surface area contributed by atoms with Crippen molar-refractivity contribution in [1.29, 1.82) is 0 Å². The molecule has 0 aliphatic heterocycles. The second-order valence-corrected chi connectivity index (χ2v) is 4.86. The van der Waals surface area contributed by atoms with Crippen molar-refractivity contribution in [2.45, 2.75) is 13.5 Å². The van der Waals surface area contributed by atoms with Crippen LogP contribution in [0.1, 0.15) is 11.5 Å². The van der Waals surface area contributed by atoms with Gasteiger partial charge in [-0.1, -0.05) is 11.6 Å². The zero-order valence-electron chi connectivity index (χ0n) is 9.24. The Bertz CT molecular complexity index is 531. The fraction of sp³-hybridized carbons (Fsp3) is 0.167. The number of aryl methyl sites for hydroxylation is 1. The van der Waals surface area contributed by atoms with Crippen LogP contribution in [0.25, 0.3) is 0 Å². The quantitative estimate of drug-likeness (QED) is 0.936. The number of anilines is 1. The standard InChI is InChI=1S/C12H11BrClN3/c1-8-15-5-4-10(17-8)7-16-12-6-9(14)2-3-11(12)13/h2-6,16H,7H2,1H3. The molecule has 2 rings (SSSR count). The maximum atomic E-state index is 5.94. The minimum Gasteiger partial charge on any atom is -0.378 e. The Hall–Kier alpha value is -1.13.